The summed E-state index contributed by atoms with van der Waals surface area (Å²) in [6, 6.07) is 8.35. The van der Waals surface area contributed by atoms with Crippen molar-refractivity contribution in [2.24, 2.45) is 5.92 Å². The molecule has 0 saturated heterocycles. The van der Waals surface area contributed by atoms with E-state index in [1.165, 1.54) is 18.4 Å². The van der Waals surface area contributed by atoms with Gasteiger partial charge in [0.25, 0.3) is 0 Å². The second kappa shape index (κ2) is 6.93. The molecule has 1 saturated carbocycles. The van der Waals surface area contributed by atoms with Gasteiger partial charge in [0.1, 0.15) is 0 Å². The summed E-state index contributed by atoms with van der Waals surface area (Å²) in [6.45, 7) is 5.18. The van der Waals surface area contributed by atoms with Gasteiger partial charge in [0.05, 0.1) is 11.6 Å². The highest BCUT2D eigenvalue weighted by Crippen LogP contribution is 2.43. The third kappa shape index (κ3) is 3.36. The van der Waals surface area contributed by atoms with Gasteiger partial charge in [-0.15, -0.1) is 0 Å². The minimum atomic E-state index is -0.0965. The molecule has 1 aromatic carbocycles. The second-order valence-corrected chi connectivity index (χ2v) is 6.39. The molecule has 1 atom stereocenters. The van der Waals surface area contributed by atoms with Gasteiger partial charge in [-0.25, -0.2) is 0 Å². The lowest BCUT2D eigenvalue weighted by Crippen LogP contribution is -2.47. The van der Waals surface area contributed by atoms with E-state index < -0.39 is 0 Å². The largest absolute Gasteiger partial charge is 0.373 e. The minimum Gasteiger partial charge on any atom is -0.373 e. The van der Waals surface area contributed by atoms with Crippen LogP contribution in [0.25, 0.3) is 0 Å². The summed E-state index contributed by atoms with van der Waals surface area (Å²) >= 11 is 6.16. The fourth-order valence-corrected chi connectivity index (χ4v) is 3.67. The highest BCUT2D eigenvalue weighted by atomic mass is 35.5. The van der Waals surface area contributed by atoms with Crippen molar-refractivity contribution in [2.75, 3.05) is 13.7 Å². The first-order chi connectivity index (χ1) is 9.61. The van der Waals surface area contributed by atoms with E-state index in [0.717, 1.165) is 30.4 Å². The normalized spacial score (nSPS) is 28.3. The van der Waals surface area contributed by atoms with Crippen LogP contribution in [0.15, 0.2) is 24.3 Å². The van der Waals surface area contributed by atoms with E-state index in [1.54, 1.807) is 0 Å². The van der Waals surface area contributed by atoms with E-state index in [2.05, 4.69) is 31.3 Å². The molecule has 0 heterocycles. The summed E-state index contributed by atoms with van der Waals surface area (Å²) < 4.78 is 6.26. The van der Waals surface area contributed by atoms with Crippen LogP contribution >= 0.6 is 11.6 Å². The Kier molecular flexibility index (Phi) is 5.48. The third-order valence-corrected chi connectivity index (χ3v) is 4.78. The van der Waals surface area contributed by atoms with Crippen molar-refractivity contribution >= 4 is 11.6 Å². The van der Waals surface area contributed by atoms with E-state index in [4.69, 9.17) is 16.3 Å². The lowest BCUT2D eigenvalue weighted by Gasteiger charge is -2.45. The molecule has 0 aromatic heterocycles. The number of likely N-dealkylation sites (N-methyl/N-ethyl adjacent to an activating group) is 1. The van der Waals surface area contributed by atoms with E-state index >= 15 is 0 Å². The standard InChI is InChI=1S/C17H26ClNO/c1-4-20-17(10-8-13(2)9-11-17)16(19-3)14-6-5-7-15(18)12-14/h5-7,12-13,16,19H,4,8-11H2,1-3H3. The number of hydrogen-bond acceptors (Lipinski definition) is 2. The molecule has 1 unspecified atom stereocenters. The molecule has 0 amide bonds. The van der Waals surface area contributed by atoms with Gasteiger partial charge in [0.15, 0.2) is 0 Å². The third-order valence-electron chi connectivity index (χ3n) is 4.55. The Balaban J connectivity index is 2.30. The van der Waals surface area contributed by atoms with E-state index in [1.807, 2.05) is 19.2 Å². The highest BCUT2D eigenvalue weighted by molar-refractivity contribution is 6.30. The van der Waals surface area contributed by atoms with Gasteiger partial charge < -0.3 is 10.1 Å². The smallest absolute Gasteiger partial charge is 0.0876 e. The van der Waals surface area contributed by atoms with E-state index in [9.17, 15) is 0 Å². The lowest BCUT2D eigenvalue weighted by molar-refractivity contribution is -0.0962. The van der Waals surface area contributed by atoms with Crippen LogP contribution in [0.1, 0.15) is 51.1 Å². The fraction of sp³-hybridized carbons (Fsp3) is 0.647. The van der Waals surface area contributed by atoms with Crippen LogP contribution in [-0.2, 0) is 4.74 Å². The average molecular weight is 296 g/mol. The Hall–Kier alpha value is -0.570. The van der Waals surface area contributed by atoms with Crippen LogP contribution in [0.2, 0.25) is 5.02 Å². The summed E-state index contributed by atoms with van der Waals surface area (Å²) in [4.78, 5) is 0. The van der Waals surface area contributed by atoms with Crippen molar-refractivity contribution in [1.82, 2.24) is 5.32 Å². The van der Waals surface area contributed by atoms with Crippen LogP contribution in [-0.4, -0.2) is 19.3 Å². The lowest BCUT2D eigenvalue weighted by atomic mass is 9.73. The van der Waals surface area contributed by atoms with E-state index in [-0.39, 0.29) is 11.6 Å². The summed E-state index contributed by atoms with van der Waals surface area (Å²) in [5.74, 6) is 0.806. The molecular formula is C17H26ClNO. The first kappa shape index (κ1) is 15.8. The zero-order chi connectivity index (χ0) is 14.6. The summed E-state index contributed by atoms with van der Waals surface area (Å²) in [5, 5.41) is 4.26. The van der Waals surface area contributed by atoms with Gasteiger partial charge in [-0.05, 0) is 63.3 Å². The first-order valence-corrected chi connectivity index (χ1v) is 8.06. The van der Waals surface area contributed by atoms with Crippen molar-refractivity contribution in [3.05, 3.63) is 34.9 Å². The molecule has 3 heteroatoms. The van der Waals surface area contributed by atoms with Gasteiger partial charge in [-0.1, -0.05) is 30.7 Å². The molecule has 0 aliphatic heterocycles. The Morgan fingerprint density at radius 2 is 2.10 bits per heavy atom. The minimum absolute atomic E-state index is 0.0965. The Morgan fingerprint density at radius 3 is 2.65 bits per heavy atom. The van der Waals surface area contributed by atoms with Crippen LogP contribution in [0.5, 0.6) is 0 Å². The number of nitrogens with one attached hydrogen (secondary N) is 1. The van der Waals surface area contributed by atoms with Crippen LogP contribution < -0.4 is 5.32 Å². The van der Waals surface area contributed by atoms with Crippen molar-refractivity contribution in [3.63, 3.8) is 0 Å². The zero-order valence-electron chi connectivity index (χ0n) is 12.8. The molecule has 2 rings (SSSR count). The Labute approximate surface area is 127 Å². The van der Waals surface area contributed by atoms with Crippen LogP contribution in [0.3, 0.4) is 0 Å². The van der Waals surface area contributed by atoms with E-state index in [0.29, 0.717) is 0 Å². The van der Waals surface area contributed by atoms with Crippen molar-refractivity contribution in [1.29, 1.82) is 0 Å². The molecule has 0 radical (unpaired) electrons. The second-order valence-electron chi connectivity index (χ2n) is 5.96. The average Bonchev–Trinajstić information content (AvgIpc) is 2.43. The van der Waals surface area contributed by atoms with Crippen LogP contribution in [0.4, 0.5) is 0 Å². The zero-order valence-corrected chi connectivity index (χ0v) is 13.5. The summed E-state index contributed by atoms with van der Waals surface area (Å²) in [5.41, 5.74) is 1.13. The predicted octanol–water partition coefficient (Wildman–Crippen LogP) is 4.59. The first-order valence-electron chi connectivity index (χ1n) is 7.68. The molecule has 1 aromatic rings. The molecule has 1 N–H and O–H groups in total. The van der Waals surface area contributed by atoms with Crippen LogP contribution in [0, 0.1) is 5.92 Å². The quantitative estimate of drug-likeness (QED) is 0.858. The molecule has 20 heavy (non-hydrogen) atoms. The maximum Gasteiger partial charge on any atom is 0.0876 e. The molecule has 2 nitrogen and oxygen atoms in total. The summed E-state index contributed by atoms with van der Waals surface area (Å²) in [7, 11) is 2.02. The Morgan fingerprint density at radius 1 is 1.40 bits per heavy atom. The highest BCUT2D eigenvalue weighted by Gasteiger charge is 2.42. The number of rotatable bonds is 5. The number of hydrogen-bond donors (Lipinski definition) is 1. The summed E-state index contributed by atoms with van der Waals surface area (Å²) in [6.07, 6.45) is 4.69. The van der Waals surface area contributed by atoms with Gasteiger partial charge in [-0.2, -0.15) is 0 Å². The van der Waals surface area contributed by atoms with Crippen molar-refractivity contribution < 1.29 is 4.74 Å². The number of halogens is 1. The predicted molar refractivity (Wildman–Crippen MR) is 85.2 cm³/mol. The molecule has 1 aliphatic rings. The molecule has 1 fully saturated rings. The number of benzene rings is 1. The maximum absolute atomic E-state index is 6.26. The van der Waals surface area contributed by atoms with Gasteiger partial charge >= 0.3 is 0 Å². The molecule has 0 spiro atoms. The van der Waals surface area contributed by atoms with Gasteiger partial charge in [0, 0.05) is 11.6 Å². The van der Waals surface area contributed by atoms with Gasteiger partial charge in [-0.3, -0.25) is 0 Å². The van der Waals surface area contributed by atoms with Crippen molar-refractivity contribution in [3.8, 4) is 0 Å². The molecule has 1 aliphatic carbocycles. The number of ether oxygens (including phenoxy) is 1. The SMILES string of the molecule is CCOC1(C(NC)c2cccc(Cl)c2)CCC(C)CC1. The molecule has 0 bridgehead atoms. The molecule has 112 valence electrons. The monoisotopic (exact) mass is 295 g/mol. The van der Waals surface area contributed by atoms with Gasteiger partial charge in [0.2, 0.25) is 0 Å². The molecular weight excluding hydrogens is 270 g/mol. The Bertz CT molecular complexity index is 427. The van der Waals surface area contributed by atoms with Crippen molar-refractivity contribution in [2.45, 2.75) is 51.2 Å². The fourth-order valence-electron chi connectivity index (χ4n) is 3.47. The topological polar surface area (TPSA) is 21.3 Å². The maximum atomic E-state index is 6.26.